The highest BCUT2D eigenvalue weighted by Gasteiger charge is 2.27. The van der Waals surface area contributed by atoms with E-state index in [9.17, 15) is 0 Å². The minimum Gasteiger partial charge on any atom is -0.308 e. The summed E-state index contributed by atoms with van der Waals surface area (Å²) < 4.78 is 4.75. The zero-order valence-corrected chi connectivity index (χ0v) is 29.3. The molecule has 12 aromatic heterocycles. The molecule has 0 radical (unpaired) electrons. The summed E-state index contributed by atoms with van der Waals surface area (Å²) >= 11 is 0. The summed E-state index contributed by atoms with van der Waals surface area (Å²) in [5, 5.41) is 8.34. The van der Waals surface area contributed by atoms with Gasteiger partial charge in [0.1, 0.15) is 0 Å². The standard InChI is InChI=1S/C46H24N10/c1-5-13-47-31(9-1)35-18-37-27(21-51-35)29-23-53-43(33-11-3-7-15-49-33)41-25-17-26-40(20-39(25)55(37)45(29)41)56-38-19-36(32-10-2-6-14-48-32)52-22-28(38)30-24-54-44(42(26)46(30)56)34-12-4-8-16-50-34/h1-24H. The highest BCUT2D eigenvalue weighted by molar-refractivity contribution is 6.31. The highest BCUT2D eigenvalue weighted by Crippen LogP contribution is 2.48. The van der Waals surface area contributed by atoms with E-state index in [1.807, 2.05) is 110 Å². The molecule has 10 nitrogen and oxygen atoms in total. The van der Waals surface area contributed by atoms with E-state index >= 15 is 0 Å². The first-order valence-corrected chi connectivity index (χ1v) is 18.3. The number of pyridine rings is 8. The van der Waals surface area contributed by atoms with Crippen molar-refractivity contribution in [1.29, 1.82) is 0 Å². The van der Waals surface area contributed by atoms with Crippen LogP contribution in [0.2, 0.25) is 0 Å². The minimum atomic E-state index is 0.803. The first-order chi connectivity index (χ1) is 27.8. The first-order valence-electron chi connectivity index (χ1n) is 18.3. The Morgan fingerprint density at radius 1 is 0.304 bits per heavy atom. The fourth-order valence-electron chi connectivity index (χ4n) is 8.84. The molecule has 1 aromatic carbocycles. The molecule has 10 heteroatoms. The molecule has 0 unspecified atom stereocenters. The SMILES string of the molecule is c1ccc(-c2cc3c(cn2)c2cnc(-c4ccccn4)c4c5cc6c7c(-c8ccccn8)ncc8c9cnc(-c%10ccccn%10)cc9n(c6cc5n3c24)c87)nc1. The van der Waals surface area contributed by atoms with Gasteiger partial charge in [-0.05, 0) is 72.8 Å². The van der Waals surface area contributed by atoms with Gasteiger partial charge in [-0.2, -0.15) is 0 Å². The normalized spacial score (nSPS) is 12.3. The first kappa shape index (κ1) is 29.5. The van der Waals surface area contributed by atoms with Crippen molar-refractivity contribution >= 4 is 76.2 Å². The van der Waals surface area contributed by atoms with Crippen molar-refractivity contribution in [3.05, 3.63) is 147 Å². The molecule has 56 heavy (non-hydrogen) atoms. The van der Waals surface area contributed by atoms with Gasteiger partial charge in [0.2, 0.25) is 0 Å². The lowest BCUT2D eigenvalue weighted by Gasteiger charge is -2.06. The summed E-state index contributed by atoms with van der Waals surface area (Å²) in [6.45, 7) is 0. The number of rotatable bonds is 4. The van der Waals surface area contributed by atoms with Gasteiger partial charge < -0.3 is 8.80 Å². The second-order valence-corrected chi connectivity index (χ2v) is 14.1. The minimum absolute atomic E-state index is 0.803. The van der Waals surface area contributed by atoms with E-state index in [-0.39, 0.29) is 0 Å². The molecule has 0 aliphatic heterocycles. The highest BCUT2D eigenvalue weighted by atomic mass is 15.0. The van der Waals surface area contributed by atoms with E-state index in [2.05, 4.69) is 43.0 Å². The zero-order valence-electron chi connectivity index (χ0n) is 29.3. The molecule has 0 atom stereocenters. The van der Waals surface area contributed by atoms with E-state index in [1.54, 1.807) is 12.4 Å². The van der Waals surface area contributed by atoms with Gasteiger partial charge in [-0.15, -0.1) is 0 Å². The Morgan fingerprint density at radius 2 is 0.696 bits per heavy atom. The van der Waals surface area contributed by atoms with Crippen molar-refractivity contribution in [3.8, 4) is 45.6 Å². The predicted molar refractivity (Wildman–Crippen MR) is 220 cm³/mol. The van der Waals surface area contributed by atoms with Gasteiger partial charge >= 0.3 is 0 Å². The fourth-order valence-corrected chi connectivity index (χ4v) is 8.84. The second kappa shape index (κ2) is 10.8. The van der Waals surface area contributed by atoms with Crippen molar-refractivity contribution in [2.24, 2.45) is 0 Å². The number of nitrogens with zero attached hydrogens (tertiary/aromatic N) is 10. The smallest absolute Gasteiger partial charge is 0.0986 e. The van der Waals surface area contributed by atoms with E-state index < -0.39 is 0 Å². The molecule has 0 amide bonds. The van der Waals surface area contributed by atoms with Crippen LogP contribution >= 0.6 is 0 Å². The summed E-state index contributed by atoms with van der Waals surface area (Å²) in [5.74, 6) is 0. The third-order valence-corrected chi connectivity index (χ3v) is 11.2. The summed E-state index contributed by atoms with van der Waals surface area (Å²) in [5.41, 5.74) is 12.8. The Bertz CT molecular complexity index is 3440. The molecule has 0 aliphatic rings. The number of benzene rings is 1. The summed E-state index contributed by atoms with van der Waals surface area (Å²) in [4.78, 5) is 38.9. The molecular weight excluding hydrogens is 693 g/mol. The maximum atomic E-state index is 5.13. The Labute approximate surface area is 316 Å². The van der Waals surface area contributed by atoms with Gasteiger partial charge in [0.25, 0.3) is 0 Å². The molecule has 258 valence electrons. The molecule has 0 spiro atoms. The van der Waals surface area contributed by atoms with E-state index in [0.29, 0.717) is 0 Å². The third-order valence-electron chi connectivity index (χ3n) is 11.2. The molecule has 13 rings (SSSR count). The quantitative estimate of drug-likeness (QED) is 0.177. The van der Waals surface area contributed by atoms with Gasteiger partial charge in [0, 0.05) is 92.7 Å². The van der Waals surface area contributed by atoms with Crippen LogP contribution in [0.1, 0.15) is 0 Å². The zero-order chi connectivity index (χ0) is 36.5. The van der Waals surface area contributed by atoms with Gasteiger partial charge in [-0.1, -0.05) is 24.3 Å². The Balaban J connectivity index is 1.24. The van der Waals surface area contributed by atoms with Crippen LogP contribution in [0.4, 0.5) is 0 Å². The molecule has 0 fully saturated rings. The summed E-state index contributed by atoms with van der Waals surface area (Å²) in [6, 6.07) is 32.7. The summed E-state index contributed by atoms with van der Waals surface area (Å²) in [7, 11) is 0. The maximum Gasteiger partial charge on any atom is 0.0986 e. The maximum absolute atomic E-state index is 5.13. The van der Waals surface area contributed by atoms with Gasteiger partial charge in [-0.25, -0.2) is 0 Å². The topological polar surface area (TPSA) is 112 Å². The Hall–Kier alpha value is -7.98. The number of aromatic nitrogens is 10. The van der Waals surface area contributed by atoms with Gasteiger partial charge in [0.05, 0.1) is 78.7 Å². The van der Waals surface area contributed by atoms with E-state index in [1.165, 1.54) is 0 Å². The number of fused-ring (bicyclic) bond motifs is 12. The monoisotopic (exact) mass is 716 g/mol. The van der Waals surface area contributed by atoms with Crippen molar-refractivity contribution < 1.29 is 0 Å². The largest absolute Gasteiger partial charge is 0.308 e. The second-order valence-electron chi connectivity index (χ2n) is 14.1. The van der Waals surface area contributed by atoms with Gasteiger partial charge in [0.15, 0.2) is 0 Å². The summed E-state index contributed by atoms with van der Waals surface area (Å²) in [6.07, 6.45) is 15.1. The Kier molecular flexibility index (Phi) is 5.68. The lowest BCUT2D eigenvalue weighted by atomic mass is 10.0. The van der Waals surface area contributed by atoms with E-state index in [4.69, 9.17) is 29.9 Å². The van der Waals surface area contributed by atoms with Crippen LogP contribution < -0.4 is 0 Å². The average molecular weight is 717 g/mol. The predicted octanol–water partition coefficient (Wildman–Crippen LogP) is 9.81. The van der Waals surface area contributed by atoms with Crippen LogP contribution in [0.15, 0.2) is 147 Å². The number of hydrogen-bond donors (Lipinski definition) is 0. The average Bonchev–Trinajstić information content (AvgIpc) is 4.00. The molecule has 0 N–H and O–H groups in total. The van der Waals surface area contributed by atoms with Crippen LogP contribution in [-0.2, 0) is 0 Å². The van der Waals surface area contributed by atoms with Crippen LogP contribution in [0, 0.1) is 0 Å². The molecule has 0 aliphatic carbocycles. The van der Waals surface area contributed by atoms with Crippen LogP contribution in [0.25, 0.3) is 122 Å². The fraction of sp³-hybridized carbons (Fsp3) is 0. The van der Waals surface area contributed by atoms with Crippen LogP contribution in [0.3, 0.4) is 0 Å². The van der Waals surface area contributed by atoms with Crippen molar-refractivity contribution in [2.45, 2.75) is 0 Å². The number of hydrogen-bond acceptors (Lipinski definition) is 8. The van der Waals surface area contributed by atoms with Crippen molar-refractivity contribution in [3.63, 3.8) is 0 Å². The molecule has 13 aromatic rings. The van der Waals surface area contributed by atoms with Crippen molar-refractivity contribution in [1.82, 2.24) is 48.7 Å². The van der Waals surface area contributed by atoms with Gasteiger partial charge in [-0.3, -0.25) is 39.9 Å². The Morgan fingerprint density at radius 3 is 1.11 bits per heavy atom. The lowest BCUT2D eigenvalue weighted by Crippen LogP contribution is -1.90. The molecular formula is C46H24N10. The molecule has 12 heterocycles. The third kappa shape index (κ3) is 3.83. The van der Waals surface area contributed by atoms with Crippen molar-refractivity contribution in [2.75, 3.05) is 0 Å². The lowest BCUT2D eigenvalue weighted by molar-refractivity contribution is 1.25. The molecule has 0 bridgehead atoms. The molecule has 0 saturated heterocycles. The van der Waals surface area contributed by atoms with Crippen LogP contribution in [0.5, 0.6) is 0 Å². The molecule has 0 saturated carbocycles. The van der Waals surface area contributed by atoms with Crippen LogP contribution in [-0.4, -0.2) is 48.7 Å². The van der Waals surface area contributed by atoms with E-state index in [0.717, 1.165) is 122 Å².